The minimum atomic E-state index is 0.266. The van der Waals surface area contributed by atoms with Gasteiger partial charge in [-0.15, -0.1) is 0 Å². The zero-order chi connectivity index (χ0) is 14.2. The molecule has 2 unspecified atom stereocenters. The topological polar surface area (TPSA) is 41.5 Å². The lowest BCUT2D eigenvalue weighted by atomic mass is 9.85. The van der Waals surface area contributed by atoms with Crippen LogP contribution >= 0.6 is 0 Å². The molecule has 0 radical (unpaired) electrons. The number of phenols is 1. The van der Waals surface area contributed by atoms with E-state index < -0.39 is 0 Å². The summed E-state index contributed by atoms with van der Waals surface area (Å²) >= 11 is 0. The standard InChI is InChI=1S/C18H21NO2/c20-18-11-15(8-12-4-1-2-7-17(12)18)21-16-9-13-5-3-6-14(10-16)19-13/h1-2,4,7-8,11,13-14,16,19-20H,3,5-6,9-10H2. The highest BCUT2D eigenvalue weighted by molar-refractivity contribution is 5.89. The summed E-state index contributed by atoms with van der Waals surface area (Å²) in [5.74, 6) is 1.09. The van der Waals surface area contributed by atoms with Crippen LogP contribution in [-0.2, 0) is 0 Å². The van der Waals surface area contributed by atoms with Crippen LogP contribution in [0.25, 0.3) is 10.8 Å². The van der Waals surface area contributed by atoms with Gasteiger partial charge in [-0.2, -0.15) is 0 Å². The molecule has 2 atom stereocenters. The third-order valence-corrected chi connectivity index (χ3v) is 4.79. The molecule has 0 aliphatic carbocycles. The Balaban J connectivity index is 1.57. The molecule has 2 saturated heterocycles. The van der Waals surface area contributed by atoms with E-state index in [4.69, 9.17) is 4.74 Å². The van der Waals surface area contributed by atoms with Gasteiger partial charge in [0.15, 0.2) is 0 Å². The van der Waals surface area contributed by atoms with Crippen molar-refractivity contribution in [1.82, 2.24) is 5.32 Å². The first kappa shape index (κ1) is 13.0. The predicted molar refractivity (Wildman–Crippen MR) is 83.8 cm³/mol. The number of rotatable bonds is 2. The molecule has 0 aromatic heterocycles. The highest BCUT2D eigenvalue weighted by Gasteiger charge is 2.32. The van der Waals surface area contributed by atoms with Crippen molar-refractivity contribution < 1.29 is 9.84 Å². The van der Waals surface area contributed by atoms with Crippen molar-refractivity contribution in [2.75, 3.05) is 0 Å². The Morgan fingerprint density at radius 2 is 1.81 bits per heavy atom. The van der Waals surface area contributed by atoms with E-state index in [0.717, 1.165) is 29.4 Å². The summed E-state index contributed by atoms with van der Waals surface area (Å²) in [5, 5.41) is 15.7. The molecule has 2 bridgehead atoms. The van der Waals surface area contributed by atoms with E-state index >= 15 is 0 Å². The monoisotopic (exact) mass is 283 g/mol. The molecule has 4 rings (SSSR count). The SMILES string of the molecule is Oc1cc(OC2CC3CCCC(C2)N3)cc2ccccc12. The summed E-state index contributed by atoms with van der Waals surface area (Å²) in [5.41, 5.74) is 0. The number of benzene rings is 2. The number of hydrogen-bond acceptors (Lipinski definition) is 3. The van der Waals surface area contributed by atoms with Crippen molar-refractivity contribution in [2.45, 2.75) is 50.3 Å². The van der Waals surface area contributed by atoms with Crippen molar-refractivity contribution in [2.24, 2.45) is 0 Å². The zero-order valence-electron chi connectivity index (χ0n) is 12.1. The maximum absolute atomic E-state index is 10.2. The normalized spacial score (nSPS) is 28.5. The summed E-state index contributed by atoms with van der Waals surface area (Å²) < 4.78 is 6.18. The van der Waals surface area contributed by atoms with E-state index in [2.05, 4.69) is 5.32 Å². The first-order valence-corrected chi connectivity index (χ1v) is 7.92. The molecule has 0 spiro atoms. The summed E-state index contributed by atoms with van der Waals surface area (Å²) in [7, 11) is 0. The van der Waals surface area contributed by atoms with Crippen LogP contribution in [0.4, 0.5) is 0 Å². The first-order valence-electron chi connectivity index (χ1n) is 7.92. The number of hydrogen-bond donors (Lipinski definition) is 2. The highest BCUT2D eigenvalue weighted by atomic mass is 16.5. The van der Waals surface area contributed by atoms with Gasteiger partial charge in [-0.3, -0.25) is 0 Å². The molecule has 110 valence electrons. The maximum Gasteiger partial charge on any atom is 0.127 e. The van der Waals surface area contributed by atoms with Gasteiger partial charge in [0.2, 0.25) is 0 Å². The molecule has 3 heteroatoms. The third-order valence-electron chi connectivity index (χ3n) is 4.79. The Morgan fingerprint density at radius 1 is 1.05 bits per heavy atom. The van der Waals surface area contributed by atoms with E-state index in [0.29, 0.717) is 17.8 Å². The van der Waals surface area contributed by atoms with Crippen LogP contribution in [0.2, 0.25) is 0 Å². The van der Waals surface area contributed by atoms with E-state index in [-0.39, 0.29) is 6.10 Å². The minimum absolute atomic E-state index is 0.266. The Labute approximate surface area is 124 Å². The van der Waals surface area contributed by atoms with Crippen molar-refractivity contribution in [3.05, 3.63) is 36.4 Å². The Morgan fingerprint density at radius 3 is 2.62 bits per heavy atom. The number of fused-ring (bicyclic) bond motifs is 3. The van der Waals surface area contributed by atoms with Crippen molar-refractivity contribution >= 4 is 10.8 Å². The fourth-order valence-corrected chi connectivity index (χ4v) is 3.83. The average molecular weight is 283 g/mol. The highest BCUT2D eigenvalue weighted by Crippen LogP contribution is 2.33. The summed E-state index contributed by atoms with van der Waals surface area (Å²) in [6, 6.07) is 12.9. The Bertz CT molecular complexity index is 643. The van der Waals surface area contributed by atoms with Crippen LogP contribution in [0, 0.1) is 0 Å². The largest absolute Gasteiger partial charge is 0.507 e. The summed E-state index contributed by atoms with van der Waals surface area (Å²) in [6.07, 6.45) is 6.28. The molecule has 0 saturated carbocycles. The molecular weight excluding hydrogens is 262 g/mol. The number of ether oxygens (including phenoxy) is 1. The maximum atomic E-state index is 10.2. The minimum Gasteiger partial charge on any atom is -0.507 e. The van der Waals surface area contributed by atoms with E-state index in [9.17, 15) is 5.11 Å². The molecule has 2 aromatic rings. The molecule has 2 heterocycles. The van der Waals surface area contributed by atoms with Crippen LogP contribution in [0.1, 0.15) is 32.1 Å². The fraction of sp³-hybridized carbons (Fsp3) is 0.444. The van der Waals surface area contributed by atoms with Gasteiger partial charge in [0, 0.05) is 23.5 Å². The number of piperidine rings is 2. The van der Waals surface area contributed by atoms with Gasteiger partial charge < -0.3 is 15.2 Å². The molecule has 2 aliphatic heterocycles. The van der Waals surface area contributed by atoms with Crippen molar-refractivity contribution in [1.29, 1.82) is 0 Å². The van der Waals surface area contributed by atoms with E-state index in [1.54, 1.807) is 6.07 Å². The smallest absolute Gasteiger partial charge is 0.127 e. The van der Waals surface area contributed by atoms with Gasteiger partial charge >= 0.3 is 0 Å². The van der Waals surface area contributed by atoms with Gasteiger partial charge in [-0.1, -0.05) is 30.7 Å². The molecule has 3 nitrogen and oxygen atoms in total. The van der Waals surface area contributed by atoms with Gasteiger partial charge in [0.1, 0.15) is 17.6 Å². The Hall–Kier alpha value is -1.74. The van der Waals surface area contributed by atoms with E-state index in [1.165, 1.54) is 19.3 Å². The molecule has 2 fully saturated rings. The van der Waals surface area contributed by atoms with Crippen LogP contribution in [0.3, 0.4) is 0 Å². The second-order valence-electron chi connectivity index (χ2n) is 6.37. The number of aromatic hydroxyl groups is 1. The van der Waals surface area contributed by atoms with Crippen LogP contribution in [0.5, 0.6) is 11.5 Å². The van der Waals surface area contributed by atoms with Crippen molar-refractivity contribution in [3.63, 3.8) is 0 Å². The average Bonchev–Trinajstić information content (AvgIpc) is 2.47. The lowest BCUT2D eigenvalue weighted by Crippen LogP contribution is -2.51. The van der Waals surface area contributed by atoms with E-state index in [1.807, 2.05) is 30.3 Å². The second kappa shape index (κ2) is 5.23. The van der Waals surface area contributed by atoms with Crippen LogP contribution in [0.15, 0.2) is 36.4 Å². The Kier molecular flexibility index (Phi) is 3.23. The zero-order valence-corrected chi connectivity index (χ0v) is 12.1. The quantitative estimate of drug-likeness (QED) is 0.885. The molecule has 2 N–H and O–H groups in total. The van der Waals surface area contributed by atoms with Gasteiger partial charge in [0.05, 0.1) is 0 Å². The lowest BCUT2D eigenvalue weighted by Gasteiger charge is -2.40. The summed E-state index contributed by atoms with van der Waals surface area (Å²) in [6.45, 7) is 0. The molecular formula is C18H21NO2. The number of nitrogens with one attached hydrogen (secondary N) is 1. The van der Waals surface area contributed by atoms with Gasteiger partial charge in [-0.05, 0) is 37.1 Å². The fourth-order valence-electron chi connectivity index (χ4n) is 3.83. The van der Waals surface area contributed by atoms with Crippen LogP contribution < -0.4 is 10.1 Å². The molecule has 2 aliphatic rings. The summed E-state index contributed by atoms with van der Waals surface area (Å²) in [4.78, 5) is 0. The van der Waals surface area contributed by atoms with Crippen molar-refractivity contribution in [3.8, 4) is 11.5 Å². The first-order chi connectivity index (χ1) is 10.3. The van der Waals surface area contributed by atoms with Crippen LogP contribution in [-0.4, -0.2) is 23.3 Å². The van der Waals surface area contributed by atoms with Gasteiger partial charge in [-0.25, -0.2) is 0 Å². The van der Waals surface area contributed by atoms with Gasteiger partial charge in [0.25, 0.3) is 0 Å². The molecule has 2 aromatic carbocycles. The molecule has 21 heavy (non-hydrogen) atoms. The molecule has 0 amide bonds. The third kappa shape index (κ3) is 2.58. The lowest BCUT2D eigenvalue weighted by molar-refractivity contribution is 0.0927. The second-order valence-corrected chi connectivity index (χ2v) is 6.37. The number of phenolic OH excluding ortho intramolecular Hbond substituents is 1. The predicted octanol–water partition coefficient (Wildman–Crippen LogP) is 3.60.